The second kappa shape index (κ2) is 9.05. The zero-order chi connectivity index (χ0) is 22.8. The predicted molar refractivity (Wildman–Crippen MR) is 123 cm³/mol. The van der Waals surface area contributed by atoms with Crippen molar-refractivity contribution >= 4 is 28.8 Å². The summed E-state index contributed by atoms with van der Waals surface area (Å²) in [6.07, 6.45) is 0. The van der Waals surface area contributed by atoms with E-state index < -0.39 is 0 Å². The molecule has 0 aliphatic carbocycles. The third-order valence-corrected chi connectivity index (χ3v) is 6.26. The summed E-state index contributed by atoms with van der Waals surface area (Å²) in [5.41, 5.74) is 2.59. The van der Waals surface area contributed by atoms with Gasteiger partial charge in [0.1, 0.15) is 22.7 Å². The van der Waals surface area contributed by atoms with Gasteiger partial charge in [-0.2, -0.15) is 5.10 Å². The predicted octanol–water partition coefficient (Wildman–Crippen LogP) is 4.03. The van der Waals surface area contributed by atoms with Crippen LogP contribution in [0.4, 0.5) is 0 Å². The van der Waals surface area contributed by atoms with Crippen LogP contribution in [0.15, 0.2) is 45.7 Å². The molecule has 0 atom stereocenters. The second-order valence-corrected chi connectivity index (χ2v) is 8.74. The third kappa shape index (κ3) is 4.35. The van der Waals surface area contributed by atoms with E-state index in [-0.39, 0.29) is 24.6 Å². The first-order chi connectivity index (χ1) is 15.3. The molecule has 1 aromatic carbocycles. The number of aromatic nitrogens is 4. The summed E-state index contributed by atoms with van der Waals surface area (Å²) in [4.78, 5) is 30.5. The van der Waals surface area contributed by atoms with E-state index in [1.54, 1.807) is 31.2 Å². The maximum Gasteiger partial charge on any atom is 0.266 e. The maximum atomic E-state index is 12.9. The van der Waals surface area contributed by atoms with Gasteiger partial charge in [-0.05, 0) is 32.9 Å². The van der Waals surface area contributed by atoms with Gasteiger partial charge in [0.25, 0.3) is 11.5 Å². The quantitative estimate of drug-likeness (QED) is 0.457. The number of halogens is 1. The fraction of sp³-hybridized carbons (Fsp3) is 0.227. The molecule has 1 N–H and O–H groups in total. The highest BCUT2D eigenvalue weighted by atomic mass is 35.5. The van der Waals surface area contributed by atoms with E-state index >= 15 is 0 Å². The van der Waals surface area contributed by atoms with Crippen molar-refractivity contribution in [1.29, 1.82) is 0 Å². The molecule has 32 heavy (non-hydrogen) atoms. The first kappa shape index (κ1) is 21.9. The molecule has 1 amide bonds. The Balaban J connectivity index is 1.51. The van der Waals surface area contributed by atoms with Crippen molar-refractivity contribution in [3.63, 3.8) is 0 Å². The van der Waals surface area contributed by atoms with Gasteiger partial charge in [-0.3, -0.25) is 9.59 Å². The fourth-order valence-electron chi connectivity index (χ4n) is 3.34. The summed E-state index contributed by atoms with van der Waals surface area (Å²) >= 11 is 7.79. The van der Waals surface area contributed by atoms with Gasteiger partial charge in [0, 0.05) is 18.2 Å². The third-order valence-electron chi connectivity index (χ3n) is 4.83. The zero-order valence-electron chi connectivity index (χ0n) is 17.7. The molecule has 0 fully saturated rings. The number of hydrogen-bond acceptors (Lipinski definition) is 7. The summed E-state index contributed by atoms with van der Waals surface area (Å²) < 4.78 is 6.58. The summed E-state index contributed by atoms with van der Waals surface area (Å²) in [7, 11) is 0. The van der Waals surface area contributed by atoms with Crippen molar-refractivity contribution in [2.24, 2.45) is 0 Å². The number of carbonyl (C=O) groups excluding carboxylic acids is 1. The molecule has 0 saturated carbocycles. The summed E-state index contributed by atoms with van der Waals surface area (Å²) in [5.74, 6) is 0.0162. The number of thiazole rings is 1. The Hall–Kier alpha value is -3.30. The Bertz CT molecular complexity index is 1360. The molecule has 4 aromatic rings. The molecular weight excluding hydrogens is 450 g/mol. The van der Waals surface area contributed by atoms with Gasteiger partial charge in [-0.25, -0.2) is 9.67 Å². The number of amides is 1. The van der Waals surface area contributed by atoms with Gasteiger partial charge >= 0.3 is 0 Å². The molecule has 0 radical (unpaired) electrons. The molecule has 3 heterocycles. The first-order valence-electron chi connectivity index (χ1n) is 9.87. The van der Waals surface area contributed by atoms with Gasteiger partial charge < -0.3 is 9.84 Å². The number of nitrogens with zero attached hydrogens (tertiary/aromatic N) is 4. The second-order valence-electron chi connectivity index (χ2n) is 7.13. The van der Waals surface area contributed by atoms with Crippen molar-refractivity contribution in [3.05, 3.63) is 73.8 Å². The topological polar surface area (TPSA) is 103 Å². The van der Waals surface area contributed by atoms with Crippen molar-refractivity contribution in [2.75, 3.05) is 6.54 Å². The minimum absolute atomic E-state index is 0.197. The lowest BCUT2D eigenvalue weighted by Crippen LogP contribution is -2.32. The van der Waals surface area contributed by atoms with Crippen LogP contribution in [0.5, 0.6) is 0 Å². The standard InChI is InChI=1S/C22H20ClN5O3S/c1-12-21(32-14(3)25-12)17-8-9-18(29)28(26-17)11-10-24-22(30)19-13(2)31-27-20(19)15-6-4-5-7-16(15)23/h4-9H,10-11H2,1-3H3,(H,24,30). The van der Waals surface area contributed by atoms with Crippen molar-refractivity contribution in [3.8, 4) is 21.8 Å². The average Bonchev–Trinajstić information content (AvgIpc) is 3.31. The minimum atomic E-state index is -0.364. The summed E-state index contributed by atoms with van der Waals surface area (Å²) in [6.45, 7) is 5.91. The van der Waals surface area contributed by atoms with Gasteiger partial charge in [0.05, 0.1) is 27.1 Å². The normalized spacial score (nSPS) is 11.0. The van der Waals surface area contributed by atoms with E-state index in [0.717, 1.165) is 15.6 Å². The average molecular weight is 470 g/mol. The molecule has 8 nitrogen and oxygen atoms in total. The van der Waals surface area contributed by atoms with Crippen LogP contribution >= 0.6 is 22.9 Å². The lowest BCUT2D eigenvalue weighted by atomic mass is 10.1. The monoisotopic (exact) mass is 469 g/mol. The highest BCUT2D eigenvalue weighted by Gasteiger charge is 2.22. The van der Waals surface area contributed by atoms with Crippen LogP contribution in [0.25, 0.3) is 21.8 Å². The maximum absolute atomic E-state index is 12.9. The van der Waals surface area contributed by atoms with Gasteiger partial charge in [0.2, 0.25) is 0 Å². The highest BCUT2D eigenvalue weighted by molar-refractivity contribution is 7.15. The molecule has 3 aromatic heterocycles. The Labute approximate surface area is 192 Å². The van der Waals surface area contributed by atoms with Crippen LogP contribution < -0.4 is 10.9 Å². The molecule has 4 rings (SSSR count). The highest BCUT2D eigenvalue weighted by Crippen LogP contribution is 2.31. The molecule has 0 spiro atoms. The lowest BCUT2D eigenvalue weighted by Gasteiger charge is -2.09. The molecule has 0 aliphatic heterocycles. The number of rotatable bonds is 6. The van der Waals surface area contributed by atoms with Crippen molar-refractivity contribution in [1.82, 2.24) is 25.2 Å². The van der Waals surface area contributed by atoms with Crippen LogP contribution in [-0.2, 0) is 6.54 Å². The number of nitrogens with one attached hydrogen (secondary N) is 1. The number of carbonyl (C=O) groups is 1. The van der Waals surface area contributed by atoms with Crippen LogP contribution in [0, 0.1) is 20.8 Å². The summed E-state index contributed by atoms with van der Waals surface area (Å²) in [5, 5.41) is 12.7. The number of benzene rings is 1. The molecular formula is C22H20ClN5O3S. The zero-order valence-corrected chi connectivity index (χ0v) is 19.3. The van der Waals surface area contributed by atoms with Crippen molar-refractivity contribution in [2.45, 2.75) is 27.3 Å². The molecule has 164 valence electrons. The number of aryl methyl sites for hydroxylation is 3. The Morgan fingerprint density at radius 1 is 1.19 bits per heavy atom. The minimum Gasteiger partial charge on any atom is -0.360 e. The van der Waals surface area contributed by atoms with Crippen LogP contribution in [0.1, 0.15) is 26.8 Å². The number of hydrogen-bond donors (Lipinski definition) is 1. The SMILES string of the molecule is Cc1nc(C)c(-c2ccc(=O)n(CCNC(=O)c3c(-c4ccccc4Cl)noc3C)n2)s1. The fourth-order valence-corrected chi connectivity index (χ4v) is 4.45. The summed E-state index contributed by atoms with van der Waals surface area (Å²) in [6, 6.07) is 10.3. The van der Waals surface area contributed by atoms with Crippen LogP contribution in [-0.4, -0.2) is 32.4 Å². The molecule has 0 bridgehead atoms. The lowest BCUT2D eigenvalue weighted by molar-refractivity contribution is 0.0951. The molecule has 10 heteroatoms. The van der Waals surface area contributed by atoms with E-state index in [1.165, 1.54) is 22.1 Å². The van der Waals surface area contributed by atoms with E-state index in [9.17, 15) is 9.59 Å². The van der Waals surface area contributed by atoms with Crippen molar-refractivity contribution < 1.29 is 9.32 Å². The Morgan fingerprint density at radius 3 is 2.69 bits per heavy atom. The van der Waals surface area contributed by atoms with E-state index in [2.05, 4.69) is 20.6 Å². The molecule has 0 aliphatic rings. The van der Waals surface area contributed by atoms with Gasteiger partial charge in [-0.15, -0.1) is 11.3 Å². The Morgan fingerprint density at radius 2 is 1.97 bits per heavy atom. The van der Waals surface area contributed by atoms with Gasteiger partial charge in [0.15, 0.2) is 0 Å². The largest absolute Gasteiger partial charge is 0.360 e. The Kier molecular flexibility index (Phi) is 6.20. The van der Waals surface area contributed by atoms with Crippen LogP contribution in [0.3, 0.4) is 0 Å². The van der Waals surface area contributed by atoms with E-state index in [4.69, 9.17) is 16.1 Å². The first-order valence-corrected chi connectivity index (χ1v) is 11.1. The molecule has 0 unspecified atom stereocenters. The smallest absolute Gasteiger partial charge is 0.266 e. The van der Waals surface area contributed by atoms with Crippen LogP contribution in [0.2, 0.25) is 5.02 Å². The molecule has 0 saturated heterocycles. The van der Waals surface area contributed by atoms with E-state index in [1.807, 2.05) is 19.9 Å². The van der Waals surface area contributed by atoms with E-state index in [0.29, 0.717) is 33.3 Å². The van der Waals surface area contributed by atoms with Gasteiger partial charge in [-0.1, -0.05) is 35.0 Å².